The molecule has 1 fully saturated rings. The molecule has 2 aliphatic heterocycles. The molecular formula is C14H18BNO4. The third-order valence-corrected chi connectivity index (χ3v) is 4.24. The van der Waals surface area contributed by atoms with E-state index in [1.54, 1.807) is 0 Å². The van der Waals surface area contributed by atoms with Crippen molar-refractivity contribution in [1.29, 1.82) is 0 Å². The second kappa shape index (κ2) is 4.23. The molecule has 1 aromatic rings. The topological polar surface area (TPSA) is 56.8 Å². The van der Waals surface area contributed by atoms with E-state index in [0.717, 1.165) is 11.0 Å². The number of carbonyl (C=O) groups excluding carboxylic acids is 1. The molecule has 0 spiro atoms. The standard InChI is InChI=1S/C14H18BNO4/c1-13(2)14(3,4)20-15(19-13)10-6-5-9-8-16-12(17)18-11(9)7-10/h5-7H,8H2,1-4H3,(H,16,17). The molecule has 0 aromatic heterocycles. The van der Waals surface area contributed by atoms with E-state index in [2.05, 4.69) is 5.32 Å². The van der Waals surface area contributed by atoms with E-state index in [1.807, 2.05) is 45.9 Å². The van der Waals surface area contributed by atoms with Crippen molar-refractivity contribution in [2.45, 2.75) is 45.4 Å². The number of nitrogens with one attached hydrogen (secondary N) is 1. The third-order valence-electron chi connectivity index (χ3n) is 4.24. The predicted octanol–water partition coefficient (Wildman–Crippen LogP) is 1.59. The van der Waals surface area contributed by atoms with Crippen molar-refractivity contribution in [1.82, 2.24) is 5.32 Å². The minimum absolute atomic E-state index is 0.383. The molecule has 0 bridgehead atoms. The highest BCUT2D eigenvalue weighted by atomic mass is 16.7. The summed E-state index contributed by atoms with van der Waals surface area (Å²) in [4.78, 5) is 11.3. The van der Waals surface area contributed by atoms with Gasteiger partial charge in [0.25, 0.3) is 0 Å². The number of fused-ring (bicyclic) bond motifs is 1. The molecule has 1 saturated heterocycles. The number of hydrogen-bond acceptors (Lipinski definition) is 4. The van der Waals surface area contributed by atoms with Crippen LogP contribution < -0.4 is 15.5 Å². The smallest absolute Gasteiger partial charge is 0.410 e. The molecular weight excluding hydrogens is 257 g/mol. The fourth-order valence-electron chi connectivity index (χ4n) is 2.24. The fourth-order valence-corrected chi connectivity index (χ4v) is 2.24. The van der Waals surface area contributed by atoms with Gasteiger partial charge < -0.3 is 19.4 Å². The summed E-state index contributed by atoms with van der Waals surface area (Å²) in [5, 5.41) is 2.63. The van der Waals surface area contributed by atoms with Crippen LogP contribution in [0.15, 0.2) is 18.2 Å². The van der Waals surface area contributed by atoms with Crippen LogP contribution >= 0.6 is 0 Å². The Morgan fingerprint density at radius 1 is 1.15 bits per heavy atom. The minimum Gasteiger partial charge on any atom is -0.410 e. The summed E-state index contributed by atoms with van der Waals surface area (Å²) in [6.45, 7) is 8.52. The quantitative estimate of drug-likeness (QED) is 0.791. The number of amides is 1. The zero-order valence-corrected chi connectivity index (χ0v) is 12.1. The van der Waals surface area contributed by atoms with Crippen molar-refractivity contribution in [2.75, 3.05) is 0 Å². The van der Waals surface area contributed by atoms with Crippen molar-refractivity contribution in [3.8, 4) is 5.75 Å². The van der Waals surface area contributed by atoms with E-state index in [4.69, 9.17) is 14.0 Å². The summed E-state index contributed by atoms with van der Waals surface area (Å²) >= 11 is 0. The summed E-state index contributed by atoms with van der Waals surface area (Å²) in [5.41, 5.74) is 1.04. The van der Waals surface area contributed by atoms with Crippen LogP contribution in [0.4, 0.5) is 4.79 Å². The van der Waals surface area contributed by atoms with E-state index in [-0.39, 0.29) is 11.2 Å². The van der Waals surface area contributed by atoms with Gasteiger partial charge in [0, 0.05) is 12.1 Å². The van der Waals surface area contributed by atoms with Crippen LogP contribution in [-0.4, -0.2) is 24.4 Å². The summed E-state index contributed by atoms with van der Waals surface area (Å²) in [6, 6.07) is 5.69. The Morgan fingerprint density at radius 2 is 1.80 bits per heavy atom. The normalized spacial score (nSPS) is 23.0. The predicted molar refractivity (Wildman–Crippen MR) is 75.0 cm³/mol. The van der Waals surface area contributed by atoms with Gasteiger partial charge in [0.2, 0.25) is 0 Å². The van der Waals surface area contributed by atoms with Gasteiger partial charge in [-0.1, -0.05) is 12.1 Å². The van der Waals surface area contributed by atoms with Crippen LogP contribution in [0, 0.1) is 0 Å². The minimum atomic E-state index is -0.445. The molecule has 1 N–H and O–H groups in total. The van der Waals surface area contributed by atoms with Crippen molar-refractivity contribution < 1.29 is 18.8 Å². The molecule has 2 heterocycles. The van der Waals surface area contributed by atoms with Gasteiger partial charge in [-0.25, -0.2) is 4.79 Å². The average molecular weight is 275 g/mol. The summed E-state index contributed by atoms with van der Waals surface area (Å²) in [7, 11) is -0.445. The van der Waals surface area contributed by atoms with Gasteiger partial charge in [0.1, 0.15) is 5.75 Å². The van der Waals surface area contributed by atoms with Crippen LogP contribution in [0.3, 0.4) is 0 Å². The highest BCUT2D eigenvalue weighted by molar-refractivity contribution is 6.62. The van der Waals surface area contributed by atoms with Crippen molar-refractivity contribution >= 4 is 18.7 Å². The van der Waals surface area contributed by atoms with E-state index >= 15 is 0 Å². The number of rotatable bonds is 1. The van der Waals surface area contributed by atoms with Crippen molar-refractivity contribution in [3.05, 3.63) is 23.8 Å². The maximum Gasteiger partial charge on any atom is 0.494 e. The van der Waals surface area contributed by atoms with Gasteiger partial charge in [-0.2, -0.15) is 0 Å². The second-order valence-corrected chi connectivity index (χ2v) is 6.20. The molecule has 2 aliphatic rings. The zero-order valence-electron chi connectivity index (χ0n) is 12.1. The maximum atomic E-state index is 11.3. The Hall–Kier alpha value is -1.53. The molecule has 1 amide bonds. The van der Waals surface area contributed by atoms with Crippen LogP contribution in [-0.2, 0) is 15.9 Å². The highest BCUT2D eigenvalue weighted by Crippen LogP contribution is 2.36. The lowest BCUT2D eigenvalue weighted by molar-refractivity contribution is 0.00578. The first-order chi connectivity index (χ1) is 9.28. The second-order valence-electron chi connectivity index (χ2n) is 6.20. The number of carbonyl (C=O) groups is 1. The average Bonchev–Trinajstić information content (AvgIpc) is 2.57. The molecule has 0 atom stereocenters. The summed E-state index contributed by atoms with van der Waals surface area (Å²) in [5.74, 6) is 0.570. The van der Waals surface area contributed by atoms with Gasteiger partial charge in [0.15, 0.2) is 0 Å². The molecule has 1 aromatic carbocycles. The zero-order chi connectivity index (χ0) is 14.5. The Balaban J connectivity index is 1.89. The SMILES string of the molecule is CC1(C)OB(c2ccc3c(c2)OC(=O)NC3)OC1(C)C. The Bertz CT molecular complexity index is 554. The van der Waals surface area contributed by atoms with Crippen LogP contribution in [0.1, 0.15) is 33.3 Å². The molecule has 20 heavy (non-hydrogen) atoms. The number of benzene rings is 1. The maximum absolute atomic E-state index is 11.3. The molecule has 3 rings (SSSR count). The van der Waals surface area contributed by atoms with Crippen molar-refractivity contribution in [3.63, 3.8) is 0 Å². The molecule has 106 valence electrons. The first-order valence-electron chi connectivity index (χ1n) is 6.73. The Morgan fingerprint density at radius 3 is 2.45 bits per heavy atom. The monoisotopic (exact) mass is 275 g/mol. The number of ether oxygens (including phenoxy) is 1. The van der Waals surface area contributed by atoms with Gasteiger partial charge in [0.05, 0.1) is 11.2 Å². The van der Waals surface area contributed by atoms with Crippen LogP contribution in [0.2, 0.25) is 0 Å². The molecule has 6 heteroatoms. The van der Waals surface area contributed by atoms with E-state index in [1.165, 1.54) is 0 Å². The van der Waals surface area contributed by atoms with Gasteiger partial charge in [-0.15, -0.1) is 0 Å². The molecule has 0 saturated carbocycles. The summed E-state index contributed by atoms with van der Waals surface area (Å²) in [6.07, 6.45) is -0.427. The largest absolute Gasteiger partial charge is 0.494 e. The van der Waals surface area contributed by atoms with E-state index in [9.17, 15) is 4.79 Å². The van der Waals surface area contributed by atoms with Gasteiger partial charge in [-0.3, -0.25) is 0 Å². The number of hydrogen-bond donors (Lipinski definition) is 1. The lowest BCUT2D eigenvalue weighted by atomic mass is 9.78. The Kier molecular flexibility index (Phi) is 2.85. The Labute approximate surface area is 118 Å². The highest BCUT2D eigenvalue weighted by Gasteiger charge is 2.51. The lowest BCUT2D eigenvalue weighted by Crippen LogP contribution is -2.41. The van der Waals surface area contributed by atoms with Crippen molar-refractivity contribution in [2.24, 2.45) is 0 Å². The van der Waals surface area contributed by atoms with E-state index < -0.39 is 13.2 Å². The molecule has 5 nitrogen and oxygen atoms in total. The molecule has 0 radical (unpaired) electrons. The first kappa shape index (κ1) is 13.5. The third kappa shape index (κ3) is 2.09. The van der Waals surface area contributed by atoms with Crippen LogP contribution in [0.25, 0.3) is 0 Å². The van der Waals surface area contributed by atoms with E-state index in [0.29, 0.717) is 12.3 Å². The molecule has 0 aliphatic carbocycles. The molecule has 0 unspecified atom stereocenters. The van der Waals surface area contributed by atoms with Gasteiger partial charge in [-0.05, 0) is 39.2 Å². The van der Waals surface area contributed by atoms with Gasteiger partial charge >= 0.3 is 13.2 Å². The first-order valence-corrected chi connectivity index (χ1v) is 6.73. The summed E-state index contributed by atoms with van der Waals surface area (Å²) < 4.78 is 17.2. The van der Waals surface area contributed by atoms with Crippen LogP contribution in [0.5, 0.6) is 5.75 Å². The lowest BCUT2D eigenvalue weighted by Gasteiger charge is -2.32. The fraction of sp³-hybridized carbons (Fsp3) is 0.500.